The number of hydrogen-bond donors (Lipinski definition) is 4. The maximum absolute atomic E-state index is 13.8. The second-order valence-corrected chi connectivity index (χ2v) is 13.5. The van der Waals surface area contributed by atoms with Gasteiger partial charge in [-0.3, -0.25) is 14.4 Å². The van der Waals surface area contributed by atoms with Crippen molar-refractivity contribution in [3.63, 3.8) is 0 Å². The lowest BCUT2D eigenvalue weighted by molar-refractivity contribution is -0.130. The summed E-state index contributed by atoms with van der Waals surface area (Å²) in [5.41, 5.74) is 10.7. The molecule has 13 heteroatoms. The molecule has 2 aliphatic rings. The van der Waals surface area contributed by atoms with E-state index in [1.807, 2.05) is 65.6 Å². The van der Waals surface area contributed by atoms with Crippen LogP contribution < -0.4 is 16.4 Å². The van der Waals surface area contributed by atoms with Crippen molar-refractivity contribution in [1.29, 1.82) is 0 Å². The van der Waals surface area contributed by atoms with Crippen LogP contribution in [0.4, 0.5) is 5.69 Å². The molecule has 5 N–H and O–H groups in total. The van der Waals surface area contributed by atoms with Crippen molar-refractivity contribution in [2.45, 2.75) is 38.1 Å². The third-order valence-electron chi connectivity index (χ3n) is 9.69. The first-order valence-electron chi connectivity index (χ1n) is 16.9. The number of hydrogen-bond acceptors (Lipinski definition) is 7. The van der Waals surface area contributed by atoms with Crippen LogP contribution in [0.5, 0.6) is 0 Å². The average molecular weight is 720 g/mol. The molecule has 50 heavy (non-hydrogen) atoms. The van der Waals surface area contributed by atoms with E-state index in [4.69, 9.17) is 17.3 Å². The number of nitrogens with zero attached hydrogens (tertiary/aromatic N) is 4. The standard InChI is InChI=1S/C37H43ClN8O3.ClH/c1-45-17-19-46(20-18-45)36(49)29-11-9-26(10-12-29)30-4-2-3-25(21-30)22-32(41-34(47)28-7-5-24(23-39)6-8-28)35(48)40-31-15-13-27(14-16-31)33-42-37(38)44-43-33;/h2-4,9-16,21,24,28,32H,5-8,17-20,22-23,39H2,1H3,(H,40,48)(H,41,47)(H,42,43,44);1H/t24-,28-,32-;/m0./s1. The van der Waals surface area contributed by atoms with Gasteiger partial charge in [0.15, 0.2) is 5.82 Å². The SMILES string of the molecule is CN1CCN(C(=O)c2ccc(-c3cccc(C[C@H](NC(=O)[C@H]4CC[C@H](CN)CC4)C(=O)Nc4ccc(-c5nnc(Cl)[nH]5)cc4)c3)cc2)CC1.Cl. The predicted molar refractivity (Wildman–Crippen MR) is 198 cm³/mol. The zero-order valence-corrected chi connectivity index (χ0v) is 29.7. The Morgan fingerprint density at radius 2 is 1.58 bits per heavy atom. The minimum absolute atomic E-state index is 0. The second kappa shape index (κ2) is 17.1. The summed E-state index contributed by atoms with van der Waals surface area (Å²) >= 11 is 5.88. The van der Waals surface area contributed by atoms with E-state index in [1.54, 1.807) is 12.1 Å². The molecule has 1 aliphatic heterocycles. The molecule has 1 atom stereocenters. The fourth-order valence-corrected chi connectivity index (χ4v) is 6.71. The van der Waals surface area contributed by atoms with E-state index in [0.717, 1.165) is 74.1 Å². The molecule has 1 aliphatic carbocycles. The Kier molecular flexibility index (Phi) is 12.6. The quantitative estimate of drug-likeness (QED) is 0.180. The van der Waals surface area contributed by atoms with E-state index in [9.17, 15) is 14.4 Å². The normalized spacial score (nSPS) is 18.5. The second-order valence-electron chi connectivity index (χ2n) is 13.1. The minimum atomic E-state index is -0.800. The smallest absolute Gasteiger partial charge is 0.253 e. The molecule has 0 spiro atoms. The van der Waals surface area contributed by atoms with Gasteiger partial charge in [-0.05, 0) is 110 Å². The fourth-order valence-electron chi connectivity index (χ4n) is 6.58. The lowest BCUT2D eigenvalue weighted by atomic mass is 9.81. The minimum Gasteiger partial charge on any atom is -0.344 e. The maximum atomic E-state index is 13.8. The number of aromatic amines is 1. The number of carbonyl (C=O) groups excluding carboxylic acids is 3. The van der Waals surface area contributed by atoms with Crippen LogP contribution in [0.1, 0.15) is 41.6 Å². The third-order valence-corrected chi connectivity index (χ3v) is 9.86. The molecule has 3 amide bonds. The van der Waals surface area contributed by atoms with Gasteiger partial charge in [-0.25, -0.2) is 0 Å². The molecule has 4 aromatic rings. The first-order valence-corrected chi connectivity index (χ1v) is 17.3. The van der Waals surface area contributed by atoms with Crippen molar-refractivity contribution in [3.05, 3.63) is 89.2 Å². The van der Waals surface area contributed by atoms with Crippen molar-refractivity contribution in [2.75, 3.05) is 45.1 Å². The van der Waals surface area contributed by atoms with E-state index in [2.05, 4.69) is 37.8 Å². The lowest BCUT2D eigenvalue weighted by Crippen LogP contribution is -2.48. The van der Waals surface area contributed by atoms with Crippen molar-refractivity contribution >= 4 is 47.4 Å². The largest absolute Gasteiger partial charge is 0.344 e. The highest BCUT2D eigenvalue weighted by molar-refractivity contribution is 6.28. The molecule has 1 saturated heterocycles. The highest BCUT2D eigenvalue weighted by Gasteiger charge is 2.29. The predicted octanol–water partition coefficient (Wildman–Crippen LogP) is 5.03. The number of aromatic nitrogens is 3. The fraction of sp³-hybridized carbons (Fsp3) is 0.378. The molecule has 2 fully saturated rings. The van der Waals surface area contributed by atoms with E-state index < -0.39 is 6.04 Å². The van der Waals surface area contributed by atoms with Gasteiger partial charge in [0.25, 0.3) is 5.91 Å². The van der Waals surface area contributed by atoms with Crippen LogP contribution in [0, 0.1) is 11.8 Å². The van der Waals surface area contributed by atoms with Gasteiger partial charge >= 0.3 is 0 Å². The van der Waals surface area contributed by atoms with Crippen molar-refractivity contribution in [3.8, 4) is 22.5 Å². The summed E-state index contributed by atoms with van der Waals surface area (Å²) in [6.45, 7) is 3.83. The van der Waals surface area contributed by atoms with Crippen LogP contribution in [0.25, 0.3) is 22.5 Å². The maximum Gasteiger partial charge on any atom is 0.253 e. The molecule has 1 saturated carbocycles. The summed E-state index contributed by atoms with van der Waals surface area (Å²) < 4.78 is 0. The van der Waals surface area contributed by atoms with Crippen molar-refractivity contribution in [2.24, 2.45) is 17.6 Å². The Hall–Kier alpha value is -4.29. The molecular formula is C37H44Cl2N8O3. The van der Waals surface area contributed by atoms with E-state index in [-0.39, 0.29) is 41.3 Å². The number of piperazine rings is 1. The number of likely N-dealkylation sites (N-methyl/N-ethyl adjacent to an activating group) is 1. The van der Waals surface area contributed by atoms with Gasteiger partial charge in [-0.1, -0.05) is 36.4 Å². The summed E-state index contributed by atoms with van der Waals surface area (Å²) in [6, 6.07) is 22.0. The van der Waals surface area contributed by atoms with Crippen molar-refractivity contribution in [1.82, 2.24) is 30.3 Å². The lowest BCUT2D eigenvalue weighted by Gasteiger charge is -2.32. The van der Waals surface area contributed by atoms with Crippen LogP contribution in [-0.4, -0.2) is 88.5 Å². The molecule has 6 rings (SSSR count). The Morgan fingerprint density at radius 3 is 2.22 bits per heavy atom. The van der Waals surface area contributed by atoms with Gasteiger partial charge in [0.2, 0.25) is 17.1 Å². The van der Waals surface area contributed by atoms with Gasteiger partial charge < -0.3 is 31.2 Å². The number of rotatable bonds is 10. The highest BCUT2D eigenvalue weighted by atomic mass is 35.5. The molecule has 264 valence electrons. The molecule has 1 aromatic heterocycles. The topological polar surface area (TPSA) is 149 Å². The number of anilines is 1. The molecular weight excluding hydrogens is 675 g/mol. The van der Waals surface area contributed by atoms with Crippen LogP contribution in [0.2, 0.25) is 5.28 Å². The van der Waals surface area contributed by atoms with Gasteiger partial charge in [0.05, 0.1) is 0 Å². The monoisotopic (exact) mass is 718 g/mol. The van der Waals surface area contributed by atoms with Crippen LogP contribution in [0.15, 0.2) is 72.8 Å². The Labute approximate surface area is 303 Å². The number of H-pyrrole nitrogens is 1. The Morgan fingerprint density at radius 1 is 0.900 bits per heavy atom. The number of carbonyl (C=O) groups is 3. The van der Waals surface area contributed by atoms with Gasteiger partial charge in [0, 0.05) is 55.3 Å². The van der Waals surface area contributed by atoms with Gasteiger partial charge in [0.1, 0.15) is 6.04 Å². The summed E-state index contributed by atoms with van der Waals surface area (Å²) in [5, 5.41) is 14.0. The van der Waals surface area contributed by atoms with E-state index >= 15 is 0 Å². The van der Waals surface area contributed by atoms with Crippen LogP contribution in [0.3, 0.4) is 0 Å². The Bertz CT molecular complexity index is 1750. The number of nitrogens with one attached hydrogen (secondary N) is 3. The number of halogens is 2. The van der Waals surface area contributed by atoms with Crippen LogP contribution >= 0.6 is 24.0 Å². The van der Waals surface area contributed by atoms with Gasteiger partial charge in [-0.2, -0.15) is 0 Å². The summed E-state index contributed by atoms with van der Waals surface area (Å²) in [4.78, 5) is 47.3. The average Bonchev–Trinajstić information content (AvgIpc) is 3.58. The summed E-state index contributed by atoms with van der Waals surface area (Å²) in [6.07, 6.45) is 3.65. The van der Waals surface area contributed by atoms with Crippen LogP contribution in [-0.2, 0) is 16.0 Å². The molecule has 0 radical (unpaired) electrons. The highest BCUT2D eigenvalue weighted by Crippen LogP contribution is 2.29. The molecule has 3 aromatic carbocycles. The first kappa shape index (κ1) is 37.0. The molecule has 2 heterocycles. The zero-order chi connectivity index (χ0) is 34.3. The molecule has 11 nitrogen and oxygen atoms in total. The number of benzene rings is 3. The zero-order valence-electron chi connectivity index (χ0n) is 28.1. The Balaban J connectivity index is 0.00000486. The first-order chi connectivity index (χ1) is 23.7. The molecule has 0 bridgehead atoms. The van der Waals surface area contributed by atoms with Gasteiger partial charge in [-0.15, -0.1) is 22.6 Å². The van der Waals surface area contributed by atoms with Crippen molar-refractivity contribution < 1.29 is 14.4 Å². The summed E-state index contributed by atoms with van der Waals surface area (Å²) in [7, 11) is 2.07. The number of nitrogens with two attached hydrogens (primary N) is 1. The van der Waals surface area contributed by atoms with E-state index in [1.165, 1.54) is 0 Å². The van der Waals surface area contributed by atoms with E-state index in [0.29, 0.717) is 36.0 Å². The number of amides is 3. The summed E-state index contributed by atoms with van der Waals surface area (Å²) in [5.74, 6) is 0.451. The molecule has 0 unspecified atom stereocenters. The third kappa shape index (κ3) is 9.28.